The van der Waals surface area contributed by atoms with E-state index in [9.17, 15) is 33.6 Å². The highest BCUT2D eigenvalue weighted by atomic mass is 32.1. The van der Waals surface area contributed by atoms with Crippen LogP contribution in [-0.2, 0) is 42.2 Å². The van der Waals surface area contributed by atoms with E-state index in [2.05, 4.69) is 63.6 Å². The van der Waals surface area contributed by atoms with Crippen LogP contribution in [0.2, 0.25) is 0 Å². The number of isothiocyanates is 1. The average molecular weight is 1570 g/mol. The van der Waals surface area contributed by atoms with Crippen molar-refractivity contribution < 1.29 is 62.0 Å². The van der Waals surface area contributed by atoms with E-state index in [0.717, 1.165) is 64.6 Å². The molecule has 0 spiro atoms. The van der Waals surface area contributed by atoms with E-state index in [0.29, 0.717) is 167 Å². The van der Waals surface area contributed by atoms with Crippen LogP contribution in [0.3, 0.4) is 0 Å². The van der Waals surface area contributed by atoms with Gasteiger partial charge in [-0.3, -0.25) is 68.0 Å². The van der Waals surface area contributed by atoms with Gasteiger partial charge in [0.1, 0.15) is 62.5 Å². The molecule has 35 nitrogen and oxygen atoms in total. The summed E-state index contributed by atoms with van der Waals surface area (Å²) in [5.74, 6) is -1.18. The maximum absolute atomic E-state index is 13.8. The molecule has 0 atom stereocenters. The number of thiocarbonyl (C=S) groups is 1. The molecular weight excluding hydrogens is 1470 g/mol. The van der Waals surface area contributed by atoms with Crippen molar-refractivity contribution >= 4 is 115 Å². The molecule has 9 aromatic rings. The number of nitrogens with two attached hydrogens (primary N) is 5. The van der Waals surface area contributed by atoms with E-state index in [-0.39, 0.29) is 47.5 Å². The Hall–Kier alpha value is -12.3. The molecule has 0 radical (unpaired) electrons. The minimum Gasteiger partial charge on any atom is -0.494 e. The van der Waals surface area contributed by atoms with Gasteiger partial charge in [-0.25, -0.2) is 9.97 Å². The van der Waals surface area contributed by atoms with Crippen LogP contribution in [-0.4, -0.2) is 211 Å². The molecule has 14 N–H and O–H groups in total. The number of nitrogen functional groups attached to an aromatic ring is 2. The number of carbonyl (C=O) groups excluding carboxylic acids is 7. The number of methoxy groups -OCH3 is 2. The van der Waals surface area contributed by atoms with E-state index < -0.39 is 35.4 Å². The van der Waals surface area contributed by atoms with Gasteiger partial charge in [-0.05, 0) is 140 Å². The summed E-state index contributed by atoms with van der Waals surface area (Å²) < 4.78 is 42.7. The lowest BCUT2D eigenvalue weighted by molar-refractivity contribution is 0.0357. The van der Waals surface area contributed by atoms with E-state index in [4.69, 9.17) is 67.1 Å². The first kappa shape index (κ1) is 84.7. The van der Waals surface area contributed by atoms with Crippen molar-refractivity contribution in [1.29, 1.82) is 0 Å². The third kappa shape index (κ3) is 22.3. The topological polar surface area (TPSA) is 461 Å². The molecule has 6 amide bonds. The highest BCUT2D eigenvalue weighted by Gasteiger charge is 2.26. The fourth-order valence-corrected chi connectivity index (χ4v) is 12.7. The number of amides is 6. The van der Waals surface area contributed by atoms with E-state index in [1.807, 2.05) is 64.1 Å². The molecule has 0 unspecified atom stereocenters. The minimum atomic E-state index is -0.666. The molecule has 36 heteroatoms. The predicted molar refractivity (Wildman–Crippen MR) is 433 cm³/mol. The molecule has 11 rings (SSSR count). The van der Waals surface area contributed by atoms with Crippen LogP contribution in [0.1, 0.15) is 131 Å². The number of fused-ring (bicyclic) bond motifs is 2. The quantitative estimate of drug-likeness (QED) is 0.00477. The van der Waals surface area contributed by atoms with E-state index in [1.165, 1.54) is 39.3 Å². The first-order valence-electron chi connectivity index (χ1n) is 36.8. The third-order valence-electron chi connectivity index (χ3n) is 18.1. The van der Waals surface area contributed by atoms with Crippen LogP contribution in [0.4, 0.5) is 34.6 Å². The third-order valence-corrected chi connectivity index (χ3v) is 18.2. The minimum absolute atomic E-state index is 0.0778. The predicted octanol–water partition coefficient (Wildman–Crippen LogP) is 7.30. The van der Waals surface area contributed by atoms with Gasteiger partial charge in [0, 0.05) is 107 Å². The summed E-state index contributed by atoms with van der Waals surface area (Å²) in [6, 6.07) is 17.7. The number of aromatic nitrogens is 10. The zero-order chi connectivity index (χ0) is 81.4. The standard InChI is InChI=1S/C42H51N13O7.C27H38N6O5.C8H9N3OS/c1-6-54-31(19-25(3)49-54)39(58)47-41-45-29-21-27(37(43)56)23-33(60-5)35(29)52(41)12-8-9-13-53-36-30(46-42(53)48-40(59)32-20-26(4)50-55(32)7-2)22-28(38(44)57)24-34(36)62-16-10-11-51-14-17-61-18-15-51;1-18(34)19-14-21(28)26(24(16-19)38-11-5-8-33-9-12-37-13-10-33)32-7-4-3-6-31-25-22(29)15-20(27(30)35)17-23(25)36-2;1-3-11-7(4-6(2)10-11)8(12)9-5-13/h8-9,19-24H,6-7,10-18H2,1-5H3,(H2,43,56)(H2,44,57)(H,45,47,58)(H,46,48,59);3-4,14-17,31-32H,5-13,28-29H2,1-2H3,(H2,30,35);4H,3H2,1-2H3/b9-8+;4-3+;. The number of allylic oxidation sites excluding steroid dienone is 2. The number of ketones is 1. The summed E-state index contributed by atoms with van der Waals surface area (Å²) in [7, 11) is 2.96. The van der Waals surface area contributed by atoms with Gasteiger partial charge in [0.15, 0.2) is 5.78 Å². The molecule has 2 saturated heterocycles. The number of hydrogen-bond acceptors (Lipinski definition) is 25. The summed E-state index contributed by atoms with van der Waals surface area (Å²) >= 11 is 4.35. The Morgan fingerprint density at radius 3 is 1.35 bits per heavy atom. The lowest BCUT2D eigenvalue weighted by atomic mass is 10.1. The molecule has 113 heavy (non-hydrogen) atoms. The van der Waals surface area contributed by atoms with Gasteiger partial charge < -0.3 is 76.9 Å². The number of aryl methyl sites for hydroxylation is 6. The molecule has 2 aliphatic heterocycles. The second-order valence-corrected chi connectivity index (χ2v) is 26.3. The van der Waals surface area contributed by atoms with E-state index in [1.54, 1.807) is 78.6 Å². The highest BCUT2D eigenvalue weighted by Crippen LogP contribution is 2.36. The Morgan fingerprint density at radius 1 is 0.531 bits per heavy atom. The Bertz CT molecular complexity index is 5030. The number of carbonyl (C=O) groups is 7. The van der Waals surface area contributed by atoms with Crippen molar-refractivity contribution in [3.63, 3.8) is 0 Å². The molecular formula is C77H98N22O13S. The molecule has 600 valence electrons. The lowest BCUT2D eigenvalue weighted by Gasteiger charge is -2.26. The number of aliphatic imine (C=N–C) groups is 1. The molecule has 0 saturated carbocycles. The number of nitrogens with one attached hydrogen (secondary N) is 4. The highest BCUT2D eigenvalue weighted by molar-refractivity contribution is 7.78. The number of primary amides is 3. The molecule has 5 aromatic heterocycles. The number of hydrogen-bond donors (Lipinski definition) is 9. The van der Waals surface area contributed by atoms with Gasteiger partial charge in [0.05, 0.1) is 98.5 Å². The Labute approximate surface area is 658 Å². The first-order chi connectivity index (χ1) is 54.4. The van der Waals surface area contributed by atoms with Crippen LogP contribution in [0, 0.1) is 20.8 Å². The largest absolute Gasteiger partial charge is 0.494 e. The van der Waals surface area contributed by atoms with Gasteiger partial charge >= 0.3 is 5.91 Å². The molecule has 2 fully saturated rings. The van der Waals surface area contributed by atoms with Crippen molar-refractivity contribution in [3.8, 4) is 23.0 Å². The molecule has 2 aliphatic rings. The molecule has 4 aromatic carbocycles. The number of ether oxygens (including phenoxy) is 6. The zero-order valence-corrected chi connectivity index (χ0v) is 65.7. The normalized spacial score (nSPS) is 13.0. The lowest BCUT2D eigenvalue weighted by Crippen LogP contribution is -2.37. The van der Waals surface area contributed by atoms with Crippen LogP contribution in [0.15, 0.2) is 96.0 Å². The van der Waals surface area contributed by atoms with Crippen LogP contribution in [0.25, 0.3) is 22.1 Å². The Balaban J connectivity index is 0.000000242. The number of benzene rings is 4. The summed E-state index contributed by atoms with van der Waals surface area (Å²) in [6.07, 6.45) is 9.11. The number of anilines is 6. The summed E-state index contributed by atoms with van der Waals surface area (Å²) in [4.78, 5) is 104. The molecule has 0 bridgehead atoms. The second kappa shape index (κ2) is 40.6. The van der Waals surface area contributed by atoms with Crippen molar-refractivity contribution in [3.05, 3.63) is 147 Å². The maximum Gasteiger partial charge on any atom is 0.304 e. The number of rotatable bonds is 34. The van der Waals surface area contributed by atoms with Gasteiger partial charge in [-0.2, -0.15) is 20.3 Å². The average Bonchev–Trinajstić information content (AvgIpc) is 1.63. The monoisotopic (exact) mass is 1570 g/mol. The number of imidazole rings is 2. The Kier molecular flexibility index (Phi) is 30.4. The molecule has 0 aliphatic carbocycles. The maximum atomic E-state index is 13.8. The second-order valence-electron chi connectivity index (χ2n) is 26.1. The van der Waals surface area contributed by atoms with Gasteiger partial charge in [0.25, 0.3) is 11.8 Å². The van der Waals surface area contributed by atoms with Crippen LogP contribution < -0.4 is 68.9 Å². The summed E-state index contributed by atoms with van der Waals surface area (Å²) in [5.41, 5.74) is 37.4. The van der Waals surface area contributed by atoms with Crippen molar-refractivity contribution in [2.75, 3.05) is 139 Å². The van der Waals surface area contributed by atoms with Gasteiger partial charge in [0.2, 0.25) is 29.6 Å². The van der Waals surface area contributed by atoms with Crippen molar-refractivity contribution in [1.82, 2.24) is 58.2 Å². The van der Waals surface area contributed by atoms with Crippen molar-refractivity contribution in [2.45, 2.75) is 94.0 Å². The van der Waals surface area contributed by atoms with E-state index >= 15 is 0 Å². The number of Topliss-reactive ketones (excluding diaryl/α,β-unsaturated/α-hetero) is 1. The zero-order valence-electron chi connectivity index (χ0n) is 64.9. The molecule has 7 heterocycles. The summed E-state index contributed by atoms with van der Waals surface area (Å²) in [6.45, 7) is 24.5. The fraction of sp³-hybridized carbons (Fsp3) is 0.390. The number of morpholine rings is 2. The van der Waals surface area contributed by atoms with Crippen LogP contribution >= 0.6 is 12.2 Å². The SMILES string of the molecule is CCn1nc(C)cc1C(=O)N=C=S.CCn1nc(C)cc1C(=O)Nc1nc2cc(C(N)=O)cc(OC)c2n1C/C=C/Cn1c(NC(=O)c2cc(C)nn2CC)nc2cc(C(N)=O)cc(OCCCN3CCOCC3)c21.COc1cc(C(N)=O)cc(N)c1NC/C=C/CNc1c(N)cc(C(C)=O)cc1OCCCN1CCOCC1. The fourth-order valence-electron chi connectivity index (χ4n) is 12.6. The van der Waals surface area contributed by atoms with Gasteiger partial charge in [-0.1, -0.05) is 24.3 Å². The smallest absolute Gasteiger partial charge is 0.304 e. The Morgan fingerprint density at radius 2 is 0.920 bits per heavy atom. The number of nitrogens with zero attached hydrogens (tertiary/aromatic N) is 13. The van der Waals surface area contributed by atoms with Crippen molar-refractivity contribution in [2.24, 2.45) is 22.2 Å². The van der Waals surface area contributed by atoms with Crippen LogP contribution in [0.5, 0.6) is 23.0 Å². The van der Waals surface area contributed by atoms with Gasteiger partial charge in [-0.15, -0.1) is 0 Å². The summed E-state index contributed by atoms with van der Waals surface area (Å²) in [5, 5.41) is 27.3. The first-order valence-corrected chi connectivity index (χ1v) is 37.2.